The molecule has 5 rings (SSSR count). The van der Waals surface area contributed by atoms with E-state index >= 15 is 0 Å². The quantitative estimate of drug-likeness (QED) is 0.130. The molecule has 1 aliphatic heterocycles. The van der Waals surface area contributed by atoms with Crippen LogP contribution in [-0.2, 0) is 9.53 Å². The van der Waals surface area contributed by atoms with Gasteiger partial charge < -0.3 is 18.9 Å². The Hall–Kier alpha value is -3.86. The van der Waals surface area contributed by atoms with Crippen LogP contribution in [0.2, 0.25) is 0 Å². The van der Waals surface area contributed by atoms with Crippen LogP contribution in [-0.4, -0.2) is 38.0 Å². The van der Waals surface area contributed by atoms with Crippen LogP contribution in [0.4, 0.5) is 0 Å². The Kier molecular flexibility index (Phi) is 9.93. The van der Waals surface area contributed by atoms with Crippen molar-refractivity contribution in [3.05, 3.63) is 111 Å². The smallest absolute Gasteiger partial charge is 0.338 e. The normalized spacial score (nSPS) is 14.4. The molecule has 0 spiro atoms. The molecule has 2 heterocycles. The fourth-order valence-corrected chi connectivity index (χ4v) is 7.57. The number of terminal acetylenes is 1. The van der Waals surface area contributed by atoms with Gasteiger partial charge in [0.25, 0.3) is 5.56 Å². The zero-order chi connectivity index (χ0) is 31.4. The average molecular weight is 785 g/mol. The number of carbonyl (C=O) groups is 1. The summed E-state index contributed by atoms with van der Waals surface area (Å²) in [4.78, 5) is 33.4. The van der Waals surface area contributed by atoms with Gasteiger partial charge in [0.05, 0.1) is 46.2 Å². The van der Waals surface area contributed by atoms with Crippen molar-refractivity contribution in [2.45, 2.75) is 13.0 Å². The lowest BCUT2D eigenvalue weighted by molar-refractivity contribution is -0.138. The highest BCUT2D eigenvalue weighted by molar-refractivity contribution is 14.1. The molecule has 0 saturated heterocycles. The number of fused-ring (bicyclic) bond motifs is 1. The van der Waals surface area contributed by atoms with E-state index in [1.54, 1.807) is 38.3 Å². The van der Waals surface area contributed by atoms with Gasteiger partial charge in [0.2, 0.25) is 0 Å². The van der Waals surface area contributed by atoms with Crippen LogP contribution >= 0.6 is 49.9 Å². The standard InChI is InChI=1S/C33H26BrIN2O6S/c1-5-14-43-30-21(15-22(34)18-23(30)35)17-26-31(38)37-29(20-12-13-24(40-3)25(16-20)41-4)27(32(39)42-6-2)28(36-33(37)44-26)19-10-8-7-9-11-19/h1,7-13,15-18,29H,6,14H2,2-4H3/b26-17-/t29-/m0/s1. The first-order chi connectivity index (χ1) is 21.3. The van der Waals surface area contributed by atoms with Gasteiger partial charge in [0, 0.05) is 15.6 Å². The lowest BCUT2D eigenvalue weighted by Crippen LogP contribution is -2.40. The Morgan fingerprint density at radius 3 is 2.57 bits per heavy atom. The zero-order valence-corrected chi connectivity index (χ0v) is 28.5. The van der Waals surface area contributed by atoms with Crippen molar-refractivity contribution in [1.82, 2.24) is 4.57 Å². The Morgan fingerprint density at radius 2 is 1.89 bits per heavy atom. The molecule has 11 heteroatoms. The predicted octanol–water partition coefficient (Wildman–Crippen LogP) is 5.33. The van der Waals surface area contributed by atoms with Crippen LogP contribution < -0.4 is 29.1 Å². The van der Waals surface area contributed by atoms with Gasteiger partial charge >= 0.3 is 5.97 Å². The second kappa shape index (κ2) is 13.8. The van der Waals surface area contributed by atoms with Gasteiger partial charge in [-0.15, -0.1) is 6.42 Å². The van der Waals surface area contributed by atoms with Crippen molar-refractivity contribution >= 4 is 67.6 Å². The number of carbonyl (C=O) groups excluding carboxylic acids is 1. The monoisotopic (exact) mass is 784 g/mol. The van der Waals surface area contributed by atoms with E-state index in [4.69, 9.17) is 30.4 Å². The van der Waals surface area contributed by atoms with Crippen LogP contribution in [0.3, 0.4) is 0 Å². The van der Waals surface area contributed by atoms with E-state index in [2.05, 4.69) is 44.4 Å². The minimum absolute atomic E-state index is 0.0718. The Morgan fingerprint density at radius 1 is 1.14 bits per heavy atom. The van der Waals surface area contributed by atoms with Crippen LogP contribution in [0.15, 0.2) is 80.5 Å². The summed E-state index contributed by atoms with van der Waals surface area (Å²) in [6, 6.07) is 17.6. The summed E-state index contributed by atoms with van der Waals surface area (Å²) in [7, 11) is 3.08. The van der Waals surface area contributed by atoms with Crippen LogP contribution in [0.1, 0.15) is 29.7 Å². The van der Waals surface area contributed by atoms with Crippen LogP contribution in [0, 0.1) is 15.9 Å². The summed E-state index contributed by atoms with van der Waals surface area (Å²) in [6.07, 6.45) is 7.21. The summed E-state index contributed by atoms with van der Waals surface area (Å²) in [5, 5.41) is 0. The summed E-state index contributed by atoms with van der Waals surface area (Å²) in [5.74, 6) is 3.44. The minimum Gasteiger partial charge on any atom is -0.493 e. The van der Waals surface area contributed by atoms with Crippen LogP contribution in [0.5, 0.6) is 17.2 Å². The molecule has 0 saturated carbocycles. The summed E-state index contributed by atoms with van der Waals surface area (Å²) < 4.78 is 26.0. The van der Waals surface area contributed by atoms with Crippen molar-refractivity contribution in [3.63, 3.8) is 0 Å². The first-order valence-electron chi connectivity index (χ1n) is 13.4. The highest BCUT2D eigenvalue weighted by Gasteiger charge is 2.35. The highest BCUT2D eigenvalue weighted by atomic mass is 127. The van der Waals surface area contributed by atoms with E-state index in [0.29, 0.717) is 49.0 Å². The number of hydrogen-bond acceptors (Lipinski definition) is 8. The largest absolute Gasteiger partial charge is 0.493 e. The molecule has 0 aliphatic carbocycles. The molecule has 0 radical (unpaired) electrons. The molecule has 3 aromatic carbocycles. The van der Waals surface area contributed by atoms with Crippen molar-refractivity contribution in [1.29, 1.82) is 0 Å². The third-order valence-electron chi connectivity index (χ3n) is 6.72. The van der Waals surface area contributed by atoms with E-state index in [1.165, 1.54) is 23.0 Å². The maximum absolute atomic E-state index is 14.3. The van der Waals surface area contributed by atoms with Gasteiger partial charge in [0.15, 0.2) is 16.3 Å². The van der Waals surface area contributed by atoms with Gasteiger partial charge in [0.1, 0.15) is 12.4 Å². The second-order valence-corrected chi connectivity index (χ2v) is 12.4. The molecule has 44 heavy (non-hydrogen) atoms. The van der Waals surface area contributed by atoms with E-state index in [1.807, 2.05) is 42.5 Å². The molecule has 0 bridgehead atoms. The lowest BCUT2D eigenvalue weighted by Gasteiger charge is -2.26. The van der Waals surface area contributed by atoms with Gasteiger partial charge in [-0.05, 0) is 65.4 Å². The van der Waals surface area contributed by atoms with Crippen molar-refractivity contribution in [2.75, 3.05) is 27.4 Å². The van der Waals surface area contributed by atoms with Gasteiger partial charge in [-0.1, -0.05) is 69.6 Å². The number of thiazole rings is 1. The Labute approximate surface area is 279 Å². The van der Waals surface area contributed by atoms with Crippen molar-refractivity contribution < 1.29 is 23.7 Å². The molecule has 0 N–H and O–H groups in total. The highest BCUT2D eigenvalue weighted by Crippen LogP contribution is 2.38. The molecule has 4 aromatic rings. The number of methoxy groups -OCH3 is 2. The second-order valence-electron chi connectivity index (χ2n) is 9.34. The summed E-state index contributed by atoms with van der Waals surface area (Å²) >= 11 is 6.92. The topological polar surface area (TPSA) is 88.3 Å². The lowest BCUT2D eigenvalue weighted by atomic mass is 9.93. The number of rotatable bonds is 9. The summed E-state index contributed by atoms with van der Waals surface area (Å²) in [5.41, 5.74) is 2.33. The third kappa shape index (κ3) is 6.20. The third-order valence-corrected chi connectivity index (χ3v) is 8.96. The SMILES string of the molecule is C#CCOc1c(I)cc(Br)cc1/C=c1\sc2n(c1=O)[C@@H](c1ccc(OC)c(OC)c1)C(C(=O)OCC)=C(c1ccccc1)N=2. The van der Waals surface area contributed by atoms with E-state index in [9.17, 15) is 9.59 Å². The van der Waals surface area contributed by atoms with Gasteiger partial charge in [-0.25, -0.2) is 9.79 Å². The number of halogens is 2. The predicted molar refractivity (Wildman–Crippen MR) is 182 cm³/mol. The van der Waals surface area contributed by atoms with Crippen molar-refractivity contribution in [2.24, 2.45) is 4.99 Å². The van der Waals surface area contributed by atoms with Gasteiger partial charge in [-0.3, -0.25) is 9.36 Å². The van der Waals surface area contributed by atoms with E-state index < -0.39 is 12.0 Å². The van der Waals surface area contributed by atoms with Crippen LogP contribution in [0.25, 0.3) is 11.8 Å². The number of benzene rings is 3. The molecule has 0 fully saturated rings. The molecule has 1 aliphatic rings. The summed E-state index contributed by atoms with van der Waals surface area (Å²) in [6.45, 7) is 1.96. The van der Waals surface area contributed by atoms with Gasteiger partial charge in [-0.2, -0.15) is 0 Å². The first-order valence-corrected chi connectivity index (χ1v) is 16.1. The zero-order valence-electron chi connectivity index (χ0n) is 23.9. The molecular formula is C33H26BrIN2O6S. The molecule has 1 atom stereocenters. The number of hydrogen-bond donors (Lipinski definition) is 0. The number of nitrogens with zero attached hydrogens (tertiary/aromatic N) is 2. The van der Waals surface area contributed by atoms with Crippen molar-refractivity contribution in [3.8, 4) is 29.6 Å². The maximum Gasteiger partial charge on any atom is 0.338 e. The number of ether oxygens (including phenoxy) is 4. The van der Waals surface area contributed by atoms with E-state index in [0.717, 1.165) is 8.04 Å². The molecular weight excluding hydrogens is 759 g/mol. The number of esters is 1. The molecule has 1 aromatic heterocycles. The van der Waals surface area contributed by atoms with E-state index in [-0.39, 0.29) is 24.3 Å². The number of aromatic nitrogens is 1. The molecule has 8 nitrogen and oxygen atoms in total. The Bertz CT molecular complexity index is 2000. The maximum atomic E-state index is 14.3. The first kappa shape index (κ1) is 31.6. The Balaban J connectivity index is 1.85. The average Bonchev–Trinajstić information content (AvgIpc) is 3.34. The fourth-order valence-electron chi connectivity index (χ4n) is 4.87. The minimum atomic E-state index is -0.873. The fraction of sp³-hybridized carbons (Fsp3) is 0.182. The molecule has 0 unspecified atom stereocenters. The molecule has 0 amide bonds. The molecule has 224 valence electrons.